The van der Waals surface area contributed by atoms with Gasteiger partial charge in [0.1, 0.15) is 0 Å². The summed E-state index contributed by atoms with van der Waals surface area (Å²) in [4.78, 5) is 21.0. The zero-order valence-electron chi connectivity index (χ0n) is 19.1. The van der Waals surface area contributed by atoms with Crippen LogP contribution in [0.25, 0.3) is 11.1 Å². The standard InChI is InChI=1S/C26H34FN3O2/c1-20(31)30-14-6-4-2-3-5-13-29(24-11-15-32-16-12-24)19-23-17-21(7-9-25(23)30)22-8-10-26(27)28-18-22/h7-10,17-18,24H,2-6,11-16,19H2,1H3. The number of nitrogens with zero attached hydrogens (tertiary/aromatic N) is 3. The smallest absolute Gasteiger partial charge is 0.223 e. The van der Waals surface area contributed by atoms with Gasteiger partial charge < -0.3 is 9.64 Å². The van der Waals surface area contributed by atoms with Gasteiger partial charge in [-0.15, -0.1) is 0 Å². The van der Waals surface area contributed by atoms with E-state index in [4.69, 9.17) is 4.74 Å². The Kier molecular flexibility index (Phi) is 7.87. The molecule has 1 saturated heterocycles. The van der Waals surface area contributed by atoms with Gasteiger partial charge >= 0.3 is 0 Å². The minimum Gasteiger partial charge on any atom is -0.381 e. The zero-order valence-corrected chi connectivity index (χ0v) is 19.1. The molecule has 1 aromatic carbocycles. The van der Waals surface area contributed by atoms with Gasteiger partial charge in [-0.2, -0.15) is 4.39 Å². The van der Waals surface area contributed by atoms with Gasteiger partial charge in [-0.1, -0.05) is 25.3 Å². The normalized spacial score (nSPS) is 19.6. The summed E-state index contributed by atoms with van der Waals surface area (Å²) in [6.07, 6.45) is 9.49. The topological polar surface area (TPSA) is 45.7 Å². The maximum Gasteiger partial charge on any atom is 0.223 e. The molecule has 2 aromatic rings. The first kappa shape index (κ1) is 22.9. The molecule has 4 rings (SSSR count). The Morgan fingerprint density at radius 3 is 2.44 bits per heavy atom. The van der Waals surface area contributed by atoms with Gasteiger partial charge in [-0.05, 0) is 67.6 Å². The molecule has 0 N–H and O–H groups in total. The Labute approximate surface area is 190 Å². The first-order valence-electron chi connectivity index (χ1n) is 12.0. The second-order valence-corrected chi connectivity index (χ2v) is 8.97. The molecule has 3 heterocycles. The van der Waals surface area contributed by atoms with Crippen molar-refractivity contribution in [3.63, 3.8) is 0 Å². The molecule has 6 heteroatoms. The van der Waals surface area contributed by atoms with Crippen molar-refractivity contribution in [1.29, 1.82) is 0 Å². The molecule has 32 heavy (non-hydrogen) atoms. The van der Waals surface area contributed by atoms with E-state index in [-0.39, 0.29) is 5.91 Å². The molecular weight excluding hydrogens is 405 g/mol. The van der Waals surface area contributed by atoms with E-state index in [2.05, 4.69) is 22.0 Å². The molecule has 172 valence electrons. The van der Waals surface area contributed by atoms with Crippen molar-refractivity contribution in [2.75, 3.05) is 31.2 Å². The number of pyridine rings is 1. The SMILES string of the molecule is CC(=O)N1CCCCCCCN(C2CCOCC2)Cc2cc(-c3ccc(F)nc3)ccc21. The Hall–Kier alpha value is -2.31. The molecule has 5 nitrogen and oxygen atoms in total. The Balaban J connectivity index is 1.72. The lowest BCUT2D eigenvalue weighted by molar-refractivity contribution is -0.116. The maximum absolute atomic E-state index is 13.4. The molecule has 2 aliphatic rings. The molecule has 0 aliphatic carbocycles. The van der Waals surface area contributed by atoms with Gasteiger partial charge in [-0.3, -0.25) is 9.69 Å². The van der Waals surface area contributed by atoms with Crippen molar-refractivity contribution in [2.24, 2.45) is 0 Å². The maximum atomic E-state index is 13.4. The van der Waals surface area contributed by atoms with E-state index in [9.17, 15) is 9.18 Å². The lowest BCUT2D eigenvalue weighted by Crippen LogP contribution is -2.40. The fourth-order valence-corrected chi connectivity index (χ4v) is 4.92. The highest BCUT2D eigenvalue weighted by molar-refractivity contribution is 5.92. The van der Waals surface area contributed by atoms with Gasteiger partial charge in [-0.25, -0.2) is 4.98 Å². The molecule has 0 radical (unpaired) electrons. The van der Waals surface area contributed by atoms with Gasteiger partial charge in [0.15, 0.2) is 0 Å². The van der Waals surface area contributed by atoms with E-state index in [1.165, 1.54) is 25.3 Å². The number of benzene rings is 1. The first-order valence-corrected chi connectivity index (χ1v) is 12.0. The summed E-state index contributed by atoms with van der Waals surface area (Å²) in [5.74, 6) is -0.398. The predicted octanol–water partition coefficient (Wildman–Crippen LogP) is 5.19. The van der Waals surface area contributed by atoms with Crippen LogP contribution >= 0.6 is 0 Å². The molecule has 1 amide bonds. The van der Waals surface area contributed by atoms with Crippen molar-refractivity contribution < 1.29 is 13.9 Å². The number of hydrogen-bond donors (Lipinski definition) is 0. The molecule has 0 unspecified atom stereocenters. The number of carbonyl (C=O) groups is 1. The first-order chi connectivity index (χ1) is 15.6. The van der Waals surface area contributed by atoms with Crippen LogP contribution in [-0.2, 0) is 16.1 Å². The van der Waals surface area contributed by atoms with Gasteiger partial charge in [0, 0.05) is 56.7 Å². The number of aromatic nitrogens is 1. The van der Waals surface area contributed by atoms with E-state index >= 15 is 0 Å². The van der Waals surface area contributed by atoms with Crippen LogP contribution in [0.5, 0.6) is 0 Å². The number of rotatable bonds is 2. The largest absolute Gasteiger partial charge is 0.381 e. The van der Waals surface area contributed by atoms with E-state index in [0.717, 1.165) is 80.9 Å². The van der Waals surface area contributed by atoms with Crippen molar-refractivity contribution in [2.45, 2.75) is 64.5 Å². The van der Waals surface area contributed by atoms with Crippen molar-refractivity contribution in [3.8, 4) is 11.1 Å². The molecule has 0 spiro atoms. The number of anilines is 1. The number of amides is 1. The Bertz CT molecular complexity index is 896. The van der Waals surface area contributed by atoms with Crippen LogP contribution in [0.3, 0.4) is 0 Å². The third-order valence-electron chi connectivity index (χ3n) is 6.72. The van der Waals surface area contributed by atoms with Crippen LogP contribution in [0.2, 0.25) is 0 Å². The van der Waals surface area contributed by atoms with Crippen LogP contribution in [0, 0.1) is 5.95 Å². The van der Waals surface area contributed by atoms with Crippen LogP contribution in [0.15, 0.2) is 36.5 Å². The van der Waals surface area contributed by atoms with E-state index in [1.54, 1.807) is 19.2 Å². The second kappa shape index (κ2) is 11.0. The van der Waals surface area contributed by atoms with Crippen LogP contribution in [0.4, 0.5) is 10.1 Å². The van der Waals surface area contributed by atoms with E-state index in [1.807, 2.05) is 11.0 Å². The summed E-state index contributed by atoms with van der Waals surface area (Å²) >= 11 is 0. The van der Waals surface area contributed by atoms with Crippen LogP contribution < -0.4 is 4.90 Å². The highest BCUT2D eigenvalue weighted by Crippen LogP contribution is 2.31. The molecular formula is C26H34FN3O2. The fraction of sp³-hybridized carbons (Fsp3) is 0.538. The van der Waals surface area contributed by atoms with Crippen molar-refractivity contribution in [1.82, 2.24) is 9.88 Å². The third kappa shape index (κ3) is 5.73. The van der Waals surface area contributed by atoms with E-state index < -0.39 is 5.95 Å². The molecule has 1 aromatic heterocycles. The molecule has 2 aliphatic heterocycles. The van der Waals surface area contributed by atoms with Gasteiger partial charge in [0.05, 0.1) is 0 Å². The predicted molar refractivity (Wildman–Crippen MR) is 125 cm³/mol. The molecule has 0 saturated carbocycles. The minimum absolute atomic E-state index is 0.0807. The summed E-state index contributed by atoms with van der Waals surface area (Å²) in [5, 5.41) is 0. The second-order valence-electron chi connectivity index (χ2n) is 8.97. The zero-order chi connectivity index (χ0) is 22.3. The summed E-state index contributed by atoms with van der Waals surface area (Å²) in [7, 11) is 0. The highest BCUT2D eigenvalue weighted by Gasteiger charge is 2.24. The summed E-state index contributed by atoms with van der Waals surface area (Å²) < 4.78 is 19.0. The number of halogens is 1. The van der Waals surface area contributed by atoms with Crippen molar-refractivity contribution in [3.05, 3.63) is 48.0 Å². The van der Waals surface area contributed by atoms with Crippen LogP contribution in [0.1, 0.15) is 57.4 Å². The Morgan fingerprint density at radius 1 is 1.00 bits per heavy atom. The van der Waals surface area contributed by atoms with Gasteiger partial charge in [0.25, 0.3) is 0 Å². The number of ether oxygens (including phenoxy) is 1. The van der Waals surface area contributed by atoms with Crippen molar-refractivity contribution >= 4 is 11.6 Å². The minimum atomic E-state index is -0.478. The average Bonchev–Trinajstić information content (AvgIpc) is 2.80. The lowest BCUT2D eigenvalue weighted by Gasteiger charge is -2.36. The molecule has 0 atom stereocenters. The summed E-state index contributed by atoms with van der Waals surface area (Å²) in [6, 6.07) is 9.90. The summed E-state index contributed by atoms with van der Waals surface area (Å²) in [5.41, 5.74) is 4.02. The fourth-order valence-electron chi connectivity index (χ4n) is 4.92. The van der Waals surface area contributed by atoms with Gasteiger partial charge in [0.2, 0.25) is 11.9 Å². The highest BCUT2D eigenvalue weighted by atomic mass is 19.1. The number of hydrogen-bond acceptors (Lipinski definition) is 4. The van der Waals surface area contributed by atoms with Crippen LogP contribution in [-0.4, -0.2) is 48.1 Å². The summed E-state index contributed by atoms with van der Waals surface area (Å²) in [6.45, 7) is 5.89. The lowest BCUT2D eigenvalue weighted by atomic mass is 9.99. The molecule has 1 fully saturated rings. The average molecular weight is 440 g/mol. The Morgan fingerprint density at radius 2 is 1.72 bits per heavy atom. The molecule has 0 bridgehead atoms. The quantitative estimate of drug-likeness (QED) is 0.605. The van der Waals surface area contributed by atoms with E-state index in [0.29, 0.717) is 6.04 Å². The number of carbonyl (C=O) groups excluding carboxylic acids is 1. The third-order valence-corrected chi connectivity index (χ3v) is 6.72. The number of fused-ring (bicyclic) bond motifs is 1. The monoisotopic (exact) mass is 439 g/mol.